The average Bonchev–Trinajstić information content (AvgIpc) is 2.16. The molecule has 0 spiro atoms. The van der Waals surface area contributed by atoms with Gasteiger partial charge < -0.3 is 0 Å². The maximum absolute atomic E-state index is 10.8. The molecule has 0 radical (unpaired) electrons. The van der Waals surface area contributed by atoms with E-state index in [9.17, 15) is 4.79 Å². The van der Waals surface area contributed by atoms with Crippen LogP contribution in [0.4, 0.5) is 5.69 Å². The molecule has 1 aromatic rings. The predicted molar refractivity (Wildman–Crippen MR) is 61.6 cm³/mol. The highest BCUT2D eigenvalue weighted by Gasteiger charge is 1.96. The van der Waals surface area contributed by atoms with Gasteiger partial charge in [-0.3, -0.25) is 10.2 Å². The first kappa shape index (κ1) is 10.9. The number of nitrogens with one attached hydrogen (secondary N) is 1. The second-order valence-electron chi connectivity index (χ2n) is 2.87. The fourth-order valence-corrected chi connectivity index (χ4v) is 1.02. The van der Waals surface area contributed by atoms with Crippen molar-refractivity contribution in [2.24, 2.45) is 5.10 Å². The van der Waals surface area contributed by atoms with Crippen LogP contribution in [0.2, 0.25) is 0 Å². The lowest BCUT2D eigenvalue weighted by Gasteiger charge is -2.00. The summed E-state index contributed by atoms with van der Waals surface area (Å²) in [4.78, 5) is 10.8. The van der Waals surface area contributed by atoms with Gasteiger partial charge in [0.15, 0.2) is 5.78 Å². The number of benzene rings is 1. The van der Waals surface area contributed by atoms with E-state index in [-0.39, 0.29) is 5.78 Å². The summed E-state index contributed by atoms with van der Waals surface area (Å²) in [7, 11) is 0. The lowest BCUT2D eigenvalue weighted by atomic mass is 10.3. The maximum Gasteiger partial charge on any atom is 0.175 e. The summed E-state index contributed by atoms with van der Waals surface area (Å²) in [6.45, 7) is 3.16. The number of anilines is 1. The number of Topliss-reactive ketones (excluding diaryl/α,β-unsaturated/α-hetero) is 1. The summed E-state index contributed by atoms with van der Waals surface area (Å²) in [5, 5.41) is 3.93. The molecule has 0 aromatic heterocycles. The van der Waals surface area contributed by atoms with E-state index in [1.54, 1.807) is 6.92 Å². The van der Waals surface area contributed by atoms with E-state index in [1.165, 1.54) is 6.92 Å². The zero-order valence-corrected chi connectivity index (χ0v) is 9.63. The quantitative estimate of drug-likeness (QED) is 0.666. The molecule has 0 saturated carbocycles. The third kappa shape index (κ3) is 3.30. The Morgan fingerprint density at radius 3 is 2.36 bits per heavy atom. The van der Waals surface area contributed by atoms with Crippen molar-refractivity contribution in [2.45, 2.75) is 13.8 Å². The van der Waals surface area contributed by atoms with Gasteiger partial charge >= 0.3 is 0 Å². The van der Waals surface area contributed by atoms with Gasteiger partial charge in [-0.15, -0.1) is 0 Å². The van der Waals surface area contributed by atoms with Gasteiger partial charge in [0, 0.05) is 11.4 Å². The summed E-state index contributed by atoms with van der Waals surface area (Å²) >= 11 is 3.33. The van der Waals surface area contributed by atoms with Crippen LogP contribution in [0, 0.1) is 0 Å². The smallest absolute Gasteiger partial charge is 0.175 e. The van der Waals surface area contributed by atoms with Crippen molar-refractivity contribution in [2.75, 3.05) is 5.43 Å². The lowest BCUT2D eigenvalue weighted by Crippen LogP contribution is -2.07. The van der Waals surface area contributed by atoms with E-state index in [1.807, 2.05) is 24.3 Å². The van der Waals surface area contributed by atoms with Crippen LogP contribution in [-0.4, -0.2) is 11.5 Å². The summed E-state index contributed by atoms with van der Waals surface area (Å²) in [6, 6.07) is 7.56. The van der Waals surface area contributed by atoms with Crippen LogP contribution in [0.3, 0.4) is 0 Å². The number of ketones is 1. The van der Waals surface area contributed by atoms with Crippen LogP contribution < -0.4 is 5.43 Å². The van der Waals surface area contributed by atoms with Gasteiger partial charge in [-0.2, -0.15) is 5.10 Å². The largest absolute Gasteiger partial charge is 0.293 e. The van der Waals surface area contributed by atoms with Crippen LogP contribution in [0.1, 0.15) is 13.8 Å². The minimum atomic E-state index is -0.0328. The van der Waals surface area contributed by atoms with Crippen LogP contribution >= 0.6 is 15.9 Å². The van der Waals surface area contributed by atoms with Crippen molar-refractivity contribution in [3.8, 4) is 0 Å². The number of rotatable bonds is 3. The third-order valence-electron chi connectivity index (χ3n) is 1.71. The molecular formula is C10H11BrN2O. The van der Waals surface area contributed by atoms with Gasteiger partial charge in [-0.05, 0) is 31.2 Å². The number of hydrazone groups is 1. The van der Waals surface area contributed by atoms with Crippen molar-refractivity contribution in [1.82, 2.24) is 0 Å². The van der Waals surface area contributed by atoms with Crippen molar-refractivity contribution in [3.05, 3.63) is 28.7 Å². The molecule has 0 bridgehead atoms. The second-order valence-corrected chi connectivity index (χ2v) is 3.79. The molecule has 0 aliphatic carbocycles. The van der Waals surface area contributed by atoms with E-state index in [0.717, 1.165) is 10.2 Å². The zero-order chi connectivity index (χ0) is 10.6. The van der Waals surface area contributed by atoms with Crippen LogP contribution in [0.5, 0.6) is 0 Å². The number of carbonyl (C=O) groups is 1. The highest BCUT2D eigenvalue weighted by Crippen LogP contribution is 2.13. The van der Waals surface area contributed by atoms with E-state index in [2.05, 4.69) is 26.5 Å². The van der Waals surface area contributed by atoms with Crippen molar-refractivity contribution < 1.29 is 4.79 Å². The fourth-order valence-electron chi connectivity index (χ4n) is 0.752. The summed E-state index contributed by atoms with van der Waals surface area (Å²) in [5.41, 5.74) is 4.12. The van der Waals surface area contributed by atoms with E-state index >= 15 is 0 Å². The third-order valence-corrected chi connectivity index (χ3v) is 2.24. The summed E-state index contributed by atoms with van der Waals surface area (Å²) in [6.07, 6.45) is 0. The normalized spacial score (nSPS) is 11.2. The topological polar surface area (TPSA) is 41.5 Å². The molecule has 1 rings (SSSR count). The Kier molecular flexibility index (Phi) is 3.83. The van der Waals surface area contributed by atoms with Crippen LogP contribution in [0.25, 0.3) is 0 Å². The van der Waals surface area contributed by atoms with Gasteiger partial charge in [-0.25, -0.2) is 0 Å². The zero-order valence-electron chi connectivity index (χ0n) is 8.04. The summed E-state index contributed by atoms with van der Waals surface area (Å²) in [5.74, 6) is -0.0328. The molecule has 14 heavy (non-hydrogen) atoms. The Hall–Kier alpha value is -1.16. The molecule has 74 valence electrons. The first-order valence-corrected chi connectivity index (χ1v) is 4.95. The Morgan fingerprint density at radius 1 is 1.29 bits per heavy atom. The Morgan fingerprint density at radius 2 is 1.86 bits per heavy atom. The first-order chi connectivity index (χ1) is 6.59. The van der Waals surface area contributed by atoms with Gasteiger partial charge in [0.25, 0.3) is 0 Å². The number of carbonyl (C=O) groups excluding carboxylic acids is 1. The lowest BCUT2D eigenvalue weighted by molar-refractivity contribution is -0.111. The second kappa shape index (κ2) is 4.91. The summed E-state index contributed by atoms with van der Waals surface area (Å²) < 4.78 is 1.01. The van der Waals surface area contributed by atoms with Crippen molar-refractivity contribution in [1.29, 1.82) is 0 Å². The molecule has 0 fully saturated rings. The molecule has 4 heteroatoms. The predicted octanol–water partition coefficient (Wildman–Crippen LogP) is 2.83. The standard InChI is InChI=1S/C10H11BrN2O/c1-7(8(2)14)12-13-10-5-3-9(11)4-6-10/h3-6,13H,1-2H3. The molecule has 1 N–H and O–H groups in total. The minimum absolute atomic E-state index is 0.0328. The maximum atomic E-state index is 10.8. The number of halogens is 1. The van der Waals surface area contributed by atoms with E-state index in [0.29, 0.717) is 5.71 Å². The Labute approximate surface area is 91.3 Å². The highest BCUT2D eigenvalue weighted by atomic mass is 79.9. The first-order valence-electron chi connectivity index (χ1n) is 4.16. The van der Waals surface area contributed by atoms with Crippen LogP contribution in [-0.2, 0) is 4.79 Å². The number of hydrogen-bond donors (Lipinski definition) is 1. The highest BCUT2D eigenvalue weighted by molar-refractivity contribution is 9.10. The number of nitrogens with zero attached hydrogens (tertiary/aromatic N) is 1. The average molecular weight is 255 g/mol. The van der Waals surface area contributed by atoms with Gasteiger partial charge in [0.1, 0.15) is 5.71 Å². The fraction of sp³-hybridized carbons (Fsp3) is 0.200. The molecular weight excluding hydrogens is 244 g/mol. The molecule has 0 aliphatic rings. The molecule has 0 heterocycles. The van der Waals surface area contributed by atoms with E-state index in [4.69, 9.17) is 0 Å². The van der Waals surface area contributed by atoms with Crippen molar-refractivity contribution >= 4 is 33.1 Å². The molecule has 0 unspecified atom stereocenters. The minimum Gasteiger partial charge on any atom is -0.293 e. The Balaban J connectivity index is 2.66. The molecule has 1 aromatic carbocycles. The molecule has 0 saturated heterocycles. The number of hydrogen-bond acceptors (Lipinski definition) is 3. The monoisotopic (exact) mass is 254 g/mol. The van der Waals surface area contributed by atoms with Gasteiger partial charge in [0.2, 0.25) is 0 Å². The molecule has 3 nitrogen and oxygen atoms in total. The van der Waals surface area contributed by atoms with Gasteiger partial charge in [0.05, 0.1) is 5.69 Å². The van der Waals surface area contributed by atoms with Crippen molar-refractivity contribution in [3.63, 3.8) is 0 Å². The SMILES string of the molecule is CC(=O)C(C)=NNc1ccc(Br)cc1. The molecule has 0 aliphatic heterocycles. The molecule has 0 atom stereocenters. The Bertz CT molecular complexity index is 357. The van der Waals surface area contributed by atoms with Gasteiger partial charge in [-0.1, -0.05) is 15.9 Å². The molecule has 0 amide bonds. The van der Waals surface area contributed by atoms with Crippen LogP contribution in [0.15, 0.2) is 33.8 Å². The van der Waals surface area contributed by atoms with E-state index < -0.39 is 0 Å².